The van der Waals surface area contributed by atoms with Crippen molar-refractivity contribution in [3.63, 3.8) is 0 Å². The summed E-state index contributed by atoms with van der Waals surface area (Å²) in [6.07, 6.45) is 0. The number of aliphatic hydroxyl groups is 1. The van der Waals surface area contributed by atoms with Gasteiger partial charge in [0.05, 0.1) is 12.3 Å². The summed E-state index contributed by atoms with van der Waals surface area (Å²) in [6.45, 7) is 2.87. The van der Waals surface area contributed by atoms with Gasteiger partial charge in [-0.3, -0.25) is 4.79 Å². The number of hydrogen-bond acceptors (Lipinski definition) is 3. The maximum atomic E-state index is 11.4. The highest BCUT2D eigenvalue weighted by Crippen LogP contribution is 2.28. The van der Waals surface area contributed by atoms with Gasteiger partial charge in [0, 0.05) is 23.1 Å². The predicted molar refractivity (Wildman–Crippen MR) is 88.7 cm³/mol. The Morgan fingerprint density at radius 2 is 1.90 bits per heavy atom. The first-order valence-corrected chi connectivity index (χ1v) is 7.61. The zero-order chi connectivity index (χ0) is 15.2. The van der Waals surface area contributed by atoms with E-state index in [4.69, 9.17) is 0 Å². The van der Waals surface area contributed by atoms with Crippen LogP contribution in [0.15, 0.2) is 53.0 Å². The number of rotatable bonds is 6. The maximum Gasteiger partial charge on any atom is 0.159 e. The largest absolute Gasteiger partial charge is 0.395 e. The van der Waals surface area contributed by atoms with Gasteiger partial charge >= 0.3 is 0 Å². The van der Waals surface area contributed by atoms with Crippen molar-refractivity contribution in [1.29, 1.82) is 0 Å². The summed E-state index contributed by atoms with van der Waals surface area (Å²) in [6, 6.07) is 15.7. The summed E-state index contributed by atoms with van der Waals surface area (Å²) in [7, 11) is 0. The molecule has 2 aromatic rings. The summed E-state index contributed by atoms with van der Waals surface area (Å²) in [4.78, 5) is 13.5. The van der Waals surface area contributed by atoms with Crippen LogP contribution in [0.5, 0.6) is 0 Å². The molecule has 110 valence electrons. The average Bonchev–Trinajstić information content (AvgIpc) is 2.48. The molecule has 0 spiro atoms. The molecule has 0 aliphatic rings. The molecule has 2 aromatic carbocycles. The molecule has 0 fully saturated rings. The van der Waals surface area contributed by atoms with E-state index in [0.717, 1.165) is 10.2 Å². The van der Waals surface area contributed by atoms with E-state index in [0.29, 0.717) is 18.7 Å². The van der Waals surface area contributed by atoms with Gasteiger partial charge in [0.2, 0.25) is 0 Å². The standard InChI is InChI=1S/C17H18BrNO2/c1-13(21)15-7-8-17(16(18)11-15)19(9-10-20)12-14-5-3-2-4-6-14/h2-8,11,20H,9-10,12H2,1H3. The number of aliphatic hydroxyl groups excluding tert-OH is 1. The van der Waals surface area contributed by atoms with Gasteiger partial charge in [-0.15, -0.1) is 0 Å². The van der Waals surface area contributed by atoms with E-state index < -0.39 is 0 Å². The number of Topliss-reactive ketones (excluding diaryl/α,β-unsaturated/α-hetero) is 1. The summed E-state index contributed by atoms with van der Waals surface area (Å²) in [5.74, 6) is 0.0408. The van der Waals surface area contributed by atoms with Gasteiger partial charge in [-0.1, -0.05) is 30.3 Å². The minimum Gasteiger partial charge on any atom is -0.395 e. The van der Waals surface area contributed by atoms with Gasteiger partial charge in [-0.2, -0.15) is 0 Å². The minimum atomic E-state index is 0.0408. The molecule has 0 aliphatic heterocycles. The van der Waals surface area contributed by atoms with E-state index in [2.05, 4.69) is 33.0 Å². The number of benzene rings is 2. The van der Waals surface area contributed by atoms with E-state index in [1.807, 2.05) is 36.4 Å². The highest BCUT2D eigenvalue weighted by molar-refractivity contribution is 9.10. The van der Waals surface area contributed by atoms with Crippen molar-refractivity contribution >= 4 is 27.4 Å². The molecule has 0 atom stereocenters. The van der Waals surface area contributed by atoms with Gasteiger partial charge in [0.25, 0.3) is 0 Å². The fourth-order valence-corrected chi connectivity index (χ4v) is 2.82. The lowest BCUT2D eigenvalue weighted by Gasteiger charge is -2.25. The number of carbonyl (C=O) groups is 1. The molecule has 0 aromatic heterocycles. The third kappa shape index (κ3) is 4.16. The monoisotopic (exact) mass is 347 g/mol. The predicted octanol–water partition coefficient (Wildman–Crippen LogP) is 3.65. The number of carbonyl (C=O) groups excluding carboxylic acids is 1. The molecule has 0 unspecified atom stereocenters. The third-order valence-corrected chi connectivity index (χ3v) is 3.92. The molecule has 1 N–H and O–H groups in total. The Morgan fingerprint density at radius 3 is 2.48 bits per heavy atom. The lowest BCUT2D eigenvalue weighted by Crippen LogP contribution is -2.26. The molecule has 0 heterocycles. The van der Waals surface area contributed by atoms with Crippen LogP contribution < -0.4 is 4.90 Å². The molecule has 0 saturated carbocycles. The van der Waals surface area contributed by atoms with Crippen molar-refractivity contribution in [2.75, 3.05) is 18.1 Å². The summed E-state index contributed by atoms with van der Waals surface area (Å²) >= 11 is 3.52. The minimum absolute atomic E-state index is 0.0408. The van der Waals surface area contributed by atoms with Crippen molar-refractivity contribution in [3.8, 4) is 0 Å². The quantitative estimate of drug-likeness (QED) is 0.810. The van der Waals surface area contributed by atoms with Gasteiger partial charge < -0.3 is 10.0 Å². The highest BCUT2D eigenvalue weighted by Gasteiger charge is 2.12. The first-order chi connectivity index (χ1) is 10.1. The topological polar surface area (TPSA) is 40.5 Å². The molecular weight excluding hydrogens is 330 g/mol. The van der Waals surface area contributed by atoms with E-state index in [1.54, 1.807) is 6.92 Å². The lowest BCUT2D eigenvalue weighted by molar-refractivity contribution is 0.101. The van der Waals surface area contributed by atoms with E-state index >= 15 is 0 Å². The second-order valence-electron chi connectivity index (χ2n) is 4.85. The molecule has 0 bridgehead atoms. The highest BCUT2D eigenvalue weighted by atomic mass is 79.9. The molecule has 0 amide bonds. The second kappa shape index (κ2) is 7.38. The molecule has 2 rings (SSSR count). The number of anilines is 1. The van der Waals surface area contributed by atoms with Crippen LogP contribution in [0.4, 0.5) is 5.69 Å². The van der Waals surface area contributed by atoms with Crippen LogP contribution in [-0.2, 0) is 6.54 Å². The van der Waals surface area contributed by atoms with E-state index in [9.17, 15) is 9.90 Å². The maximum absolute atomic E-state index is 11.4. The molecule has 0 radical (unpaired) electrons. The Hall–Kier alpha value is -1.65. The van der Waals surface area contributed by atoms with Crippen molar-refractivity contribution in [1.82, 2.24) is 0 Å². The van der Waals surface area contributed by atoms with Crippen LogP contribution in [0.2, 0.25) is 0 Å². The molecular formula is C17H18BrNO2. The normalized spacial score (nSPS) is 10.4. The van der Waals surface area contributed by atoms with Crippen molar-refractivity contribution < 1.29 is 9.90 Å². The molecule has 4 heteroatoms. The second-order valence-corrected chi connectivity index (χ2v) is 5.71. The number of hydrogen-bond donors (Lipinski definition) is 1. The molecule has 21 heavy (non-hydrogen) atoms. The third-order valence-electron chi connectivity index (χ3n) is 3.28. The average molecular weight is 348 g/mol. The molecule has 3 nitrogen and oxygen atoms in total. The molecule has 0 saturated heterocycles. The zero-order valence-electron chi connectivity index (χ0n) is 11.9. The van der Waals surface area contributed by atoms with Crippen LogP contribution in [-0.4, -0.2) is 24.0 Å². The van der Waals surface area contributed by atoms with Crippen molar-refractivity contribution in [3.05, 3.63) is 64.1 Å². The van der Waals surface area contributed by atoms with Crippen LogP contribution in [0, 0.1) is 0 Å². The Labute approximate surface area is 133 Å². The zero-order valence-corrected chi connectivity index (χ0v) is 13.5. The summed E-state index contributed by atoms with van der Waals surface area (Å²) in [5.41, 5.74) is 2.82. The number of ketones is 1. The number of halogens is 1. The van der Waals surface area contributed by atoms with Crippen LogP contribution in [0.3, 0.4) is 0 Å². The Morgan fingerprint density at radius 1 is 1.19 bits per heavy atom. The van der Waals surface area contributed by atoms with Crippen LogP contribution in [0.1, 0.15) is 22.8 Å². The van der Waals surface area contributed by atoms with Crippen molar-refractivity contribution in [2.24, 2.45) is 0 Å². The lowest BCUT2D eigenvalue weighted by atomic mass is 10.1. The van der Waals surface area contributed by atoms with Gasteiger partial charge in [0.1, 0.15) is 0 Å². The van der Waals surface area contributed by atoms with Gasteiger partial charge in [-0.05, 0) is 46.6 Å². The first kappa shape index (κ1) is 15.7. The SMILES string of the molecule is CC(=O)c1ccc(N(CCO)Cc2ccccc2)c(Br)c1. The van der Waals surface area contributed by atoms with E-state index in [1.165, 1.54) is 5.56 Å². The number of nitrogens with zero attached hydrogens (tertiary/aromatic N) is 1. The Balaban J connectivity index is 2.27. The van der Waals surface area contributed by atoms with E-state index in [-0.39, 0.29) is 12.4 Å². The fraction of sp³-hybridized carbons (Fsp3) is 0.235. The van der Waals surface area contributed by atoms with Crippen LogP contribution in [0.25, 0.3) is 0 Å². The molecule has 0 aliphatic carbocycles. The van der Waals surface area contributed by atoms with Gasteiger partial charge in [0.15, 0.2) is 5.78 Å². The van der Waals surface area contributed by atoms with Crippen LogP contribution >= 0.6 is 15.9 Å². The first-order valence-electron chi connectivity index (χ1n) is 6.82. The van der Waals surface area contributed by atoms with Gasteiger partial charge in [-0.25, -0.2) is 0 Å². The van der Waals surface area contributed by atoms with Crippen molar-refractivity contribution in [2.45, 2.75) is 13.5 Å². The smallest absolute Gasteiger partial charge is 0.159 e. The fourth-order valence-electron chi connectivity index (χ4n) is 2.19. The summed E-state index contributed by atoms with van der Waals surface area (Å²) in [5, 5.41) is 9.30. The Kier molecular flexibility index (Phi) is 5.53. The summed E-state index contributed by atoms with van der Waals surface area (Å²) < 4.78 is 0.861. The Bertz CT molecular complexity index is 613.